The molecule has 2 aromatic carbocycles. The fraction of sp³-hybridized carbons (Fsp3) is 0.125. The maximum Gasteiger partial charge on any atom is 0.336 e. The van der Waals surface area contributed by atoms with Gasteiger partial charge in [-0.1, -0.05) is 42.5 Å². The molecular formula is C24H18N2O3S. The lowest BCUT2D eigenvalue weighted by atomic mass is 10.0. The summed E-state index contributed by atoms with van der Waals surface area (Å²) in [7, 11) is 0. The predicted molar refractivity (Wildman–Crippen MR) is 120 cm³/mol. The number of hydrogen-bond donors (Lipinski definition) is 0. The van der Waals surface area contributed by atoms with Gasteiger partial charge in [-0.2, -0.15) is 0 Å². The lowest BCUT2D eigenvalue weighted by Gasteiger charge is -2.11. The van der Waals surface area contributed by atoms with E-state index in [0.717, 1.165) is 33.2 Å². The van der Waals surface area contributed by atoms with Crippen LogP contribution in [0.1, 0.15) is 16.7 Å². The second kappa shape index (κ2) is 7.07. The fourth-order valence-electron chi connectivity index (χ4n) is 3.75. The summed E-state index contributed by atoms with van der Waals surface area (Å²) in [6, 6.07) is 15.2. The highest BCUT2D eigenvalue weighted by atomic mass is 32.1. The van der Waals surface area contributed by atoms with E-state index in [2.05, 4.69) is 4.98 Å². The summed E-state index contributed by atoms with van der Waals surface area (Å²) in [5.74, 6) is 0. The number of hydrogen-bond acceptors (Lipinski definition) is 5. The minimum Gasteiger partial charge on any atom is -0.422 e. The third-order valence-corrected chi connectivity index (χ3v) is 6.39. The van der Waals surface area contributed by atoms with Crippen LogP contribution in [0.3, 0.4) is 0 Å². The average Bonchev–Trinajstić information content (AvgIpc) is 3.19. The van der Waals surface area contributed by atoms with Crippen LogP contribution < -0.4 is 11.2 Å². The van der Waals surface area contributed by atoms with Crippen molar-refractivity contribution in [2.75, 3.05) is 0 Å². The number of thiophene rings is 1. The summed E-state index contributed by atoms with van der Waals surface area (Å²) < 4.78 is 7.02. The van der Waals surface area contributed by atoms with Gasteiger partial charge in [0.2, 0.25) is 0 Å². The monoisotopic (exact) mass is 414 g/mol. The van der Waals surface area contributed by atoms with Gasteiger partial charge in [-0.15, -0.1) is 11.3 Å². The molecule has 5 aromatic rings. The second-order valence-corrected chi connectivity index (χ2v) is 8.21. The molecule has 148 valence electrons. The van der Waals surface area contributed by atoms with Crippen molar-refractivity contribution in [1.29, 1.82) is 0 Å². The Morgan fingerprint density at radius 1 is 1.07 bits per heavy atom. The third-order valence-electron chi connectivity index (χ3n) is 5.50. The molecule has 5 nitrogen and oxygen atoms in total. The summed E-state index contributed by atoms with van der Waals surface area (Å²) >= 11 is 1.46. The molecule has 0 aliphatic rings. The maximum atomic E-state index is 13.4. The maximum absolute atomic E-state index is 13.4. The summed E-state index contributed by atoms with van der Waals surface area (Å²) in [5.41, 5.74) is 4.61. The molecule has 0 aliphatic heterocycles. The van der Waals surface area contributed by atoms with Crippen LogP contribution >= 0.6 is 11.3 Å². The molecule has 0 bridgehead atoms. The van der Waals surface area contributed by atoms with Crippen molar-refractivity contribution < 1.29 is 4.42 Å². The Bertz CT molecular complexity index is 1530. The molecule has 3 aromatic heterocycles. The SMILES string of the molecule is Cc1ccc2c(Cn3cnc4scc(-c5ccccc5)c4c3=O)cc(=O)oc2c1C. The number of fused-ring (bicyclic) bond motifs is 2. The van der Waals surface area contributed by atoms with Crippen molar-refractivity contribution in [2.45, 2.75) is 20.4 Å². The van der Waals surface area contributed by atoms with Crippen LogP contribution in [0.15, 0.2) is 74.2 Å². The van der Waals surface area contributed by atoms with Gasteiger partial charge in [0.1, 0.15) is 10.4 Å². The van der Waals surface area contributed by atoms with E-state index in [4.69, 9.17) is 4.42 Å². The Balaban J connectivity index is 1.69. The zero-order valence-electron chi connectivity index (χ0n) is 16.5. The zero-order chi connectivity index (χ0) is 20.8. The Hall–Kier alpha value is -3.51. The van der Waals surface area contributed by atoms with Crippen molar-refractivity contribution in [3.63, 3.8) is 0 Å². The minimum atomic E-state index is -0.422. The van der Waals surface area contributed by atoms with Crippen molar-refractivity contribution in [3.05, 3.63) is 97.7 Å². The van der Waals surface area contributed by atoms with Crippen molar-refractivity contribution >= 4 is 32.5 Å². The lowest BCUT2D eigenvalue weighted by molar-refractivity contribution is 0.554. The van der Waals surface area contributed by atoms with Crippen molar-refractivity contribution in [1.82, 2.24) is 9.55 Å². The van der Waals surface area contributed by atoms with Gasteiger partial charge in [0.25, 0.3) is 5.56 Å². The molecule has 6 heteroatoms. The number of benzene rings is 2. The summed E-state index contributed by atoms with van der Waals surface area (Å²) in [5, 5.41) is 3.41. The van der Waals surface area contributed by atoms with Gasteiger partial charge in [-0.05, 0) is 36.1 Å². The molecule has 0 saturated carbocycles. The number of aromatic nitrogens is 2. The van der Waals surface area contributed by atoms with Crippen molar-refractivity contribution in [2.24, 2.45) is 0 Å². The van der Waals surface area contributed by atoms with Crippen LogP contribution in [-0.2, 0) is 6.54 Å². The van der Waals surface area contributed by atoms with Crippen molar-refractivity contribution in [3.8, 4) is 11.1 Å². The quantitative estimate of drug-likeness (QED) is 0.394. The van der Waals surface area contributed by atoms with Crippen LogP contribution in [0.25, 0.3) is 32.3 Å². The first-order chi connectivity index (χ1) is 14.5. The second-order valence-electron chi connectivity index (χ2n) is 7.35. The Labute approximate surface area is 175 Å². The summed E-state index contributed by atoms with van der Waals surface area (Å²) in [4.78, 5) is 30.7. The molecule has 3 heterocycles. The lowest BCUT2D eigenvalue weighted by Crippen LogP contribution is -2.21. The summed E-state index contributed by atoms with van der Waals surface area (Å²) in [6.45, 7) is 4.16. The predicted octanol–water partition coefficient (Wildman–Crippen LogP) is 4.90. The first-order valence-electron chi connectivity index (χ1n) is 9.58. The molecule has 0 radical (unpaired) electrons. The number of rotatable bonds is 3. The topological polar surface area (TPSA) is 65.1 Å². The van der Waals surface area contributed by atoms with E-state index in [-0.39, 0.29) is 12.1 Å². The van der Waals surface area contributed by atoms with Crippen LogP contribution in [0, 0.1) is 13.8 Å². The van der Waals surface area contributed by atoms with Gasteiger partial charge in [0, 0.05) is 22.4 Å². The summed E-state index contributed by atoms with van der Waals surface area (Å²) in [6.07, 6.45) is 1.55. The van der Waals surface area contributed by atoms with E-state index in [1.165, 1.54) is 17.4 Å². The van der Waals surface area contributed by atoms with Gasteiger partial charge in [0.15, 0.2) is 0 Å². The number of aryl methyl sites for hydroxylation is 2. The van der Waals surface area contributed by atoms with Gasteiger partial charge in [-0.3, -0.25) is 9.36 Å². The Morgan fingerprint density at radius 2 is 1.87 bits per heavy atom. The molecule has 0 unspecified atom stereocenters. The molecule has 30 heavy (non-hydrogen) atoms. The standard InChI is InChI=1S/C24H18N2O3S/c1-14-8-9-18-17(10-20(27)29-22(18)15(14)2)11-26-13-25-23-21(24(26)28)19(12-30-23)16-6-4-3-5-7-16/h3-10,12-13H,11H2,1-2H3. The van der Waals surface area contributed by atoms with Crippen LogP contribution in [0.4, 0.5) is 0 Å². The molecule has 5 rings (SSSR count). The highest BCUT2D eigenvalue weighted by Crippen LogP contribution is 2.30. The third kappa shape index (κ3) is 2.97. The van der Waals surface area contributed by atoms with Gasteiger partial charge >= 0.3 is 5.63 Å². The first kappa shape index (κ1) is 18.5. The van der Waals surface area contributed by atoms with E-state index in [1.54, 1.807) is 10.9 Å². The first-order valence-corrected chi connectivity index (χ1v) is 10.5. The van der Waals surface area contributed by atoms with E-state index >= 15 is 0 Å². The molecular weight excluding hydrogens is 396 g/mol. The molecule has 0 aliphatic carbocycles. The molecule has 0 saturated heterocycles. The van der Waals surface area contributed by atoms with E-state index in [0.29, 0.717) is 15.8 Å². The number of nitrogens with zero attached hydrogens (tertiary/aromatic N) is 2. The fourth-order valence-corrected chi connectivity index (χ4v) is 4.66. The zero-order valence-corrected chi connectivity index (χ0v) is 17.3. The minimum absolute atomic E-state index is 0.120. The van der Waals surface area contributed by atoms with Crippen LogP contribution in [0.2, 0.25) is 0 Å². The van der Waals surface area contributed by atoms with E-state index in [1.807, 2.05) is 61.7 Å². The van der Waals surface area contributed by atoms with Crippen LogP contribution in [0.5, 0.6) is 0 Å². The Kier molecular flexibility index (Phi) is 4.37. The highest BCUT2D eigenvalue weighted by molar-refractivity contribution is 7.17. The molecule has 0 spiro atoms. The van der Waals surface area contributed by atoms with Gasteiger partial charge in [0.05, 0.1) is 18.3 Å². The molecule has 0 amide bonds. The van der Waals surface area contributed by atoms with E-state index < -0.39 is 5.63 Å². The average molecular weight is 414 g/mol. The normalized spacial score (nSPS) is 11.4. The molecule has 0 atom stereocenters. The Morgan fingerprint density at radius 3 is 2.67 bits per heavy atom. The largest absolute Gasteiger partial charge is 0.422 e. The van der Waals surface area contributed by atoms with Gasteiger partial charge in [-0.25, -0.2) is 9.78 Å². The smallest absolute Gasteiger partial charge is 0.336 e. The molecule has 0 N–H and O–H groups in total. The van der Waals surface area contributed by atoms with Crippen LogP contribution in [-0.4, -0.2) is 9.55 Å². The van der Waals surface area contributed by atoms with E-state index in [9.17, 15) is 9.59 Å². The molecule has 0 fully saturated rings. The van der Waals surface area contributed by atoms with Gasteiger partial charge < -0.3 is 4.42 Å². The highest BCUT2D eigenvalue weighted by Gasteiger charge is 2.15.